The van der Waals surface area contributed by atoms with Gasteiger partial charge in [0.25, 0.3) is 0 Å². The van der Waals surface area contributed by atoms with Gasteiger partial charge in [-0.05, 0) is 50.9 Å². The van der Waals surface area contributed by atoms with Crippen LogP contribution >= 0.6 is 0 Å². The van der Waals surface area contributed by atoms with Crippen LogP contribution in [0.15, 0.2) is 12.2 Å². The van der Waals surface area contributed by atoms with Crippen LogP contribution in [0.3, 0.4) is 0 Å². The van der Waals surface area contributed by atoms with Crippen molar-refractivity contribution >= 4 is 17.5 Å². The Kier molecular flexibility index (Phi) is 6.23. The summed E-state index contributed by atoms with van der Waals surface area (Å²) in [6.07, 6.45) is 4.76. The zero-order valence-corrected chi connectivity index (χ0v) is 16.1. The highest BCUT2D eigenvalue weighted by atomic mass is 16.5. The molecule has 0 aromatic carbocycles. The average molecular weight is 348 g/mol. The van der Waals surface area contributed by atoms with Gasteiger partial charge in [0.05, 0.1) is 6.10 Å². The Morgan fingerprint density at radius 1 is 1.32 bits per heavy atom. The fourth-order valence-electron chi connectivity index (χ4n) is 4.57. The van der Waals surface area contributed by atoms with Crippen molar-refractivity contribution in [1.29, 1.82) is 0 Å². The molecular formula is C21H32O4. The first kappa shape index (κ1) is 19.9. The van der Waals surface area contributed by atoms with Crippen molar-refractivity contribution in [2.75, 3.05) is 0 Å². The maximum atomic E-state index is 12.9. The summed E-state index contributed by atoms with van der Waals surface area (Å²) in [5.41, 5.74) is 0.822. The van der Waals surface area contributed by atoms with Crippen LogP contribution in [0.5, 0.6) is 0 Å². The number of Topliss-reactive ketones (excluding diaryl/α,β-unsaturated/α-hetero) is 2. The molecule has 4 nitrogen and oxygen atoms in total. The maximum absolute atomic E-state index is 12.9. The number of allylic oxidation sites excluding steroid dienone is 1. The summed E-state index contributed by atoms with van der Waals surface area (Å²) in [6.45, 7) is 11.5. The molecule has 0 aromatic heterocycles. The minimum absolute atomic E-state index is 0.0792. The molecule has 2 aliphatic rings. The van der Waals surface area contributed by atoms with Crippen molar-refractivity contribution in [3.8, 4) is 0 Å². The summed E-state index contributed by atoms with van der Waals surface area (Å²) < 4.78 is 5.12. The molecule has 140 valence electrons. The summed E-state index contributed by atoms with van der Waals surface area (Å²) in [5.74, 6) is 1.03. The van der Waals surface area contributed by atoms with Gasteiger partial charge in [-0.25, -0.2) is 0 Å². The Morgan fingerprint density at radius 3 is 2.64 bits per heavy atom. The van der Waals surface area contributed by atoms with Gasteiger partial charge in [-0.3, -0.25) is 14.4 Å². The van der Waals surface area contributed by atoms with Crippen LogP contribution in [-0.2, 0) is 19.1 Å². The molecule has 2 aliphatic carbocycles. The van der Waals surface area contributed by atoms with Crippen molar-refractivity contribution in [2.45, 2.75) is 78.7 Å². The van der Waals surface area contributed by atoms with Crippen LogP contribution in [0, 0.1) is 23.2 Å². The quantitative estimate of drug-likeness (QED) is 0.550. The number of carbonyl (C=O) groups is 3. The predicted molar refractivity (Wildman–Crippen MR) is 97.0 cm³/mol. The third-order valence-electron chi connectivity index (χ3n) is 6.41. The molecule has 0 aromatic rings. The number of fused-ring (bicyclic) bond motifs is 1. The van der Waals surface area contributed by atoms with E-state index in [9.17, 15) is 14.4 Å². The lowest BCUT2D eigenvalue weighted by Crippen LogP contribution is -2.51. The maximum Gasteiger partial charge on any atom is 0.302 e. The molecule has 0 heterocycles. The lowest BCUT2D eigenvalue weighted by molar-refractivity contribution is -0.149. The Morgan fingerprint density at radius 2 is 2.00 bits per heavy atom. The van der Waals surface area contributed by atoms with Crippen molar-refractivity contribution < 1.29 is 19.1 Å². The van der Waals surface area contributed by atoms with E-state index in [0.29, 0.717) is 36.9 Å². The Bertz CT molecular complexity index is 564. The Labute approximate surface area is 151 Å². The van der Waals surface area contributed by atoms with Gasteiger partial charge in [0, 0.05) is 31.1 Å². The highest BCUT2D eigenvalue weighted by molar-refractivity contribution is 5.86. The molecular weight excluding hydrogens is 316 g/mol. The molecule has 0 saturated heterocycles. The number of ketones is 2. The van der Waals surface area contributed by atoms with Gasteiger partial charge in [0.2, 0.25) is 0 Å². The van der Waals surface area contributed by atoms with E-state index in [2.05, 4.69) is 13.5 Å². The van der Waals surface area contributed by atoms with Gasteiger partial charge in [-0.1, -0.05) is 26.0 Å². The van der Waals surface area contributed by atoms with Crippen LogP contribution in [0.1, 0.15) is 72.6 Å². The monoisotopic (exact) mass is 348 g/mol. The molecule has 5 atom stereocenters. The summed E-state index contributed by atoms with van der Waals surface area (Å²) >= 11 is 0. The summed E-state index contributed by atoms with van der Waals surface area (Å²) in [4.78, 5) is 36.0. The van der Waals surface area contributed by atoms with Gasteiger partial charge < -0.3 is 4.74 Å². The number of carbonyl (C=O) groups excluding carboxylic acids is 3. The molecule has 0 spiro atoms. The van der Waals surface area contributed by atoms with Crippen molar-refractivity contribution in [3.05, 3.63) is 12.2 Å². The molecule has 0 amide bonds. The number of hydrogen-bond donors (Lipinski definition) is 0. The summed E-state index contributed by atoms with van der Waals surface area (Å²) in [7, 11) is 0. The molecule has 25 heavy (non-hydrogen) atoms. The van der Waals surface area contributed by atoms with Crippen LogP contribution in [-0.4, -0.2) is 23.6 Å². The summed E-state index contributed by atoms with van der Waals surface area (Å²) in [6, 6.07) is 0. The molecule has 0 aliphatic heterocycles. The predicted octanol–water partition coefficient (Wildman–Crippen LogP) is 4.27. The second kappa shape index (κ2) is 7.84. The largest absolute Gasteiger partial charge is 0.463 e. The second-order valence-corrected chi connectivity index (χ2v) is 8.32. The molecule has 0 bridgehead atoms. The highest BCUT2D eigenvalue weighted by Crippen LogP contribution is 2.58. The molecule has 0 N–H and O–H groups in total. The molecule has 2 fully saturated rings. The third kappa shape index (κ3) is 4.39. The van der Waals surface area contributed by atoms with Crippen molar-refractivity contribution in [2.24, 2.45) is 23.2 Å². The minimum Gasteiger partial charge on any atom is -0.463 e. The van der Waals surface area contributed by atoms with Gasteiger partial charge in [0.15, 0.2) is 0 Å². The highest BCUT2D eigenvalue weighted by Gasteiger charge is 2.54. The molecule has 4 heteroatoms. The normalized spacial score (nSPS) is 34.0. The number of hydrogen-bond acceptors (Lipinski definition) is 4. The topological polar surface area (TPSA) is 60.4 Å². The lowest BCUT2D eigenvalue weighted by atomic mass is 9.49. The van der Waals surface area contributed by atoms with Crippen LogP contribution < -0.4 is 0 Å². The van der Waals surface area contributed by atoms with Gasteiger partial charge in [-0.2, -0.15) is 0 Å². The lowest BCUT2D eigenvalue weighted by Gasteiger charge is -2.53. The molecule has 2 rings (SSSR count). The van der Waals surface area contributed by atoms with E-state index in [-0.39, 0.29) is 29.2 Å². The first-order valence-electron chi connectivity index (χ1n) is 9.56. The van der Waals surface area contributed by atoms with Crippen LogP contribution in [0.25, 0.3) is 0 Å². The third-order valence-corrected chi connectivity index (χ3v) is 6.41. The second-order valence-electron chi connectivity index (χ2n) is 8.32. The minimum atomic E-state index is -0.323. The van der Waals surface area contributed by atoms with Crippen LogP contribution in [0.4, 0.5) is 0 Å². The zero-order valence-electron chi connectivity index (χ0n) is 16.1. The first-order chi connectivity index (χ1) is 11.6. The molecule has 0 unspecified atom stereocenters. The zero-order chi connectivity index (χ0) is 18.8. The van der Waals surface area contributed by atoms with Gasteiger partial charge >= 0.3 is 5.97 Å². The van der Waals surface area contributed by atoms with Crippen LogP contribution in [0.2, 0.25) is 0 Å². The fourth-order valence-corrected chi connectivity index (χ4v) is 4.57. The number of ether oxygens (including phenoxy) is 1. The Hall–Kier alpha value is -1.45. The van der Waals surface area contributed by atoms with E-state index in [1.54, 1.807) is 0 Å². The smallest absolute Gasteiger partial charge is 0.302 e. The van der Waals surface area contributed by atoms with E-state index >= 15 is 0 Å². The number of rotatable bonds is 5. The molecule has 0 radical (unpaired) electrons. The van der Waals surface area contributed by atoms with Gasteiger partial charge in [-0.15, -0.1) is 0 Å². The fraction of sp³-hybridized carbons (Fsp3) is 0.762. The van der Waals surface area contributed by atoms with E-state index in [1.165, 1.54) is 6.92 Å². The van der Waals surface area contributed by atoms with E-state index in [1.807, 2.05) is 13.8 Å². The number of esters is 1. The van der Waals surface area contributed by atoms with Crippen molar-refractivity contribution in [3.63, 3.8) is 0 Å². The van der Waals surface area contributed by atoms with E-state index in [0.717, 1.165) is 31.3 Å². The average Bonchev–Trinajstić information content (AvgIpc) is 2.56. The van der Waals surface area contributed by atoms with E-state index < -0.39 is 0 Å². The van der Waals surface area contributed by atoms with E-state index in [4.69, 9.17) is 4.74 Å². The standard InChI is InChI=1S/C21H32O4/c1-13-7-10-19(23)14(2)6-9-18-17(13)12-21(18,5)20(24)11-8-15(3)25-16(4)22/h14-15,17-18H,1,6-12H2,2-5H3/t14-,15-,17-,18-,21-/m1/s1. The Balaban J connectivity index is 2.01. The summed E-state index contributed by atoms with van der Waals surface area (Å²) in [5, 5.41) is 0. The SMILES string of the molecule is C=C1CCC(=O)[C@H](C)CC[C@@H]2[C@@H]1C[C@@]2(C)C(=O)CC[C@@H](C)OC(C)=O. The van der Waals surface area contributed by atoms with Gasteiger partial charge in [0.1, 0.15) is 11.6 Å². The first-order valence-corrected chi connectivity index (χ1v) is 9.56. The van der Waals surface area contributed by atoms with Crippen molar-refractivity contribution in [1.82, 2.24) is 0 Å². The molecule has 2 saturated carbocycles.